The predicted molar refractivity (Wildman–Crippen MR) is 74.0 cm³/mol. The molecule has 5 heteroatoms. The number of aliphatic carboxylic acids is 1. The summed E-state index contributed by atoms with van der Waals surface area (Å²) in [5.74, 6) is -2.13. The molecule has 0 heterocycles. The molecule has 0 aliphatic rings. The number of nitrogens with one attached hydrogen (secondary N) is 1. The fourth-order valence-electron chi connectivity index (χ4n) is 1.94. The van der Waals surface area contributed by atoms with Gasteiger partial charge in [0.15, 0.2) is 6.04 Å². The van der Waals surface area contributed by atoms with Crippen molar-refractivity contribution in [3.63, 3.8) is 0 Å². The molecule has 0 aromatic heterocycles. The van der Waals surface area contributed by atoms with Gasteiger partial charge in [-0.15, -0.1) is 0 Å². The molecule has 0 saturated carbocycles. The highest BCUT2D eigenvalue weighted by molar-refractivity contribution is 5.85. The number of halogens is 1. The second-order valence-electron chi connectivity index (χ2n) is 5.09. The van der Waals surface area contributed by atoms with E-state index in [-0.39, 0.29) is 11.8 Å². The van der Waals surface area contributed by atoms with E-state index in [1.54, 1.807) is 0 Å². The number of carbonyl (C=O) groups excluding carboxylic acids is 1. The van der Waals surface area contributed by atoms with Gasteiger partial charge in [0.2, 0.25) is 5.91 Å². The summed E-state index contributed by atoms with van der Waals surface area (Å²) in [6.07, 6.45) is 0.503. The Labute approximate surface area is 118 Å². The van der Waals surface area contributed by atoms with Crippen LogP contribution in [-0.2, 0) is 16.0 Å². The van der Waals surface area contributed by atoms with Crippen LogP contribution in [0.4, 0.5) is 4.39 Å². The number of benzene rings is 1. The maximum atomic E-state index is 12.6. The summed E-state index contributed by atoms with van der Waals surface area (Å²) in [5, 5.41) is 11.0. The average molecular weight is 281 g/mol. The van der Waals surface area contributed by atoms with Crippen molar-refractivity contribution in [2.45, 2.75) is 26.3 Å². The van der Waals surface area contributed by atoms with Crippen molar-refractivity contribution >= 4 is 11.9 Å². The Morgan fingerprint density at radius 1 is 1.25 bits per heavy atom. The summed E-state index contributed by atoms with van der Waals surface area (Å²) in [5.41, 5.74) is 0.994. The van der Waals surface area contributed by atoms with Gasteiger partial charge in [-0.2, -0.15) is 0 Å². The molecule has 0 aliphatic heterocycles. The zero-order valence-corrected chi connectivity index (χ0v) is 11.7. The maximum absolute atomic E-state index is 12.6. The van der Waals surface area contributed by atoms with Gasteiger partial charge >= 0.3 is 5.97 Å². The molecule has 110 valence electrons. The van der Waals surface area contributed by atoms with E-state index in [0.717, 1.165) is 5.56 Å². The van der Waals surface area contributed by atoms with Crippen molar-refractivity contribution in [2.75, 3.05) is 6.67 Å². The lowest BCUT2D eigenvalue weighted by Crippen LogP contribution is -2.46. The van der Waals surface area contributed by atoms with E-state index in [1.165, 1.54) is 0 Å². The molecule has 0 saturated heterocycles. The number of carboxylic acids is 1. The molecule has 0 bridgehead atoms. The molecule has 1 aromatic rings. The minimum atomic E-state index is -1.47. The fraction of sp³-hybridized carbons (Fsp3) is 0.467. The molecule has 1 amide bonds. The summed E-state index contributed by atoms with van der Waals surface area (Å²) in [4.78, 5) is 22.9. The lowest BCUT2D eigenvalue weighted by atomic mass is 9.88. The van der Waals surface area contributed by atoms with Gasteiger partial charge in [-0.25, -0.2) is 9.18 Å². The smallest absolute Gasteiger partial charge is 0.328 e. The number of carbonyl (C=O) groups is 2. The van der Waals surface area contributed by atoms with E-state index >= 15 is 0 Å². The average Bonchev–Trinajstić information content (AvgIpc) is 2.42. The standard InChI is InChI=1S/C15H20FNO3/c1-10(2)12(8-11-6-4-3-5-7-11)14(18)17-13(9-16)15(19)20/h3-7,10,12-13H,8-9H2,1-2H3,(H,17,18)(H,19,20). The van der Waals surface area contributed by atoms with Gasteiger partial charge in [0, 0.05) is 5.92 Å². The number of rotatable bonds is 7. The van der Waals surface area contributed by atoms with Crippen LogP contribution in [0.15, 0.2) is 30.3 Å². The SMILES string of the molecule is CC(C)C(Cc1ccccc1)C(=O)NC(CF)C(=O)O. The normalized spacial score (nSPS) is 13.8. The quantitative estimate of drug-likeness (QED) is 0.803. The molecule has 0 radical (unpaired) electrons. The Bertz CT molecular complexity index is 448. The van der Waals surface area contributed by atoms with Crippen LogP contribution in [0.3, 0.4) is 0 Å². The first-order valence-corrected chi connectivity index (χ1v) is 6.58. The minimum absolute atomic E-state index is 0.0317. The van der Waals surface area contributed by atoms with Crippen LogP contribution in [0.1, 0.15) is 19.4 Å². The third kappa shape index (κ3) is 4.64. The first kappa shape index (κ1) is 16.1. The van der Waals surface area contributed by atoms with Gasteiger partial charge in [-0.3, -0.25) is 4.79 Å². The molecule has 2 N–H and O–H groups in total. The number of hydrogen-bond acceptors (Lipinski definition) is 2. The van der Waals surface area contributed by atoms with Gasteiger partial charge in [0.05, 0.1) is 0 Å². The van der Waals surface area contributed by atoms with Crippen molar-refractivity contribution in [1.29, 1.82) is 0 Å². The van der Waals surface area contributed by atoms with Gasteiger partial charge in [-0.1, -0.05) is 44.2 Å². The van der Waals surface area contributed by atoms with Crippen LogP contribution in [0, 0.1) is 11.8 Å². The molecule has 4 nitrogen and oxygen atoms in total. The van der Waals surface area contributed by atoms with E-state index in [2.05, 4.69) is 5.32 Å². The topological polar surface area (TPSA) is 66.4 Å². The summed E-state index contributed by atoms with van der Waals surface area (Å²) in [7, 11) is 0. The van der Waals surface area contributed by atoms with Crippen molar-refractivity contribution in [3.8, 4) is 0 Å². The largest absolute Gasteiger partial charge is 0.480 e. The molecule has 0 fully saturated rings. The molecule has 2 atom stereocenters. The monoisotopic (exact) mass is 281 g/mol. The number of amides is 1. The second kappa shape index (κ2) is 7.62. The minimum Gasteiger partial charge on any atom is -0.480 e. The zero-order valence-electron chi connectivity index (χ0n) is 11.7. The van der Waals surface area contributed by atoms with Crippen LogP contribution >= 0.6 is 0 Å². The molecule has 1 aromatic carbocycles. The molecule has 2 unspecified atom stereocenters. The molecule has 0 aliphatic carbocycles. The number of alkyl halides is 1. The van der Waals surface area contributed by atoms with Crippen LogP contribution < -0.4 is 5.32 Å². The van der Waals surface area contributed by atoms with Gasteiger partial charge in [0.1, 0.15) is 6.67 Å². The van der Waals surface area contributed by atoms with E-state index in [4.69, 9.17) is 5.11 Å². The van der Waals surface area contributed by atoms with Gasteiger partial charge in [0.25, 0.3) is 0 Å². The highest BCUT2D eigenvalue weighted by Gasteiger charge is 2.27. The molecule has 1 rings (SSSR count). The Hall–Kier alpha value is -1.91. The van der Waals surface area contributed by atoms with Crippen LogP contribution in [0.25, 0.3) is 0 Å². The Balaban J connectivity index is 2.75. The summed E-state index contributed by atoms with van der Waals surface area (Å²) < 4.78 is 12.6. The summed E-state index contributed by atoms with van der Waals surface area (Å²) in [6.45, 7) is 2.66. The van der Waals surface area contributed by atoms with Crippen LogP contribution in [0.5, 0.6) is 0 Å². The number of hydrogen-bond donors (Lipinski definition) is 2. The highest BCUT2D eigenvalue weighted by atomic mass is 19.1. The Morgan fingerprint density at radius 2 is 1.85 bits per heavy atom. The molecule has 20 heavy (non-hydrogen) atoms. The summed E-state index contributed by atoms with van der Waals surface area (Å²) >= 11 is 0. The third-order valence-electron chi connectivity index (χ3n) is 3.21. The third-order valence-corrected chi connectivity index (χ3v) is 3.21. The summed E-state index contributed by atoms with van der Waals surface area (Å²) in [6, 6.07) is 7.99. The van der Waals surface area contributed by atoms with E-state index in [0.29, 0.717) is 6.42 Å². The van der Waals surface area contributed by atoms with Crippen molar-refractivity contribution in [3.05, 3.63) is 35.9 Å². The van der Waals surface area contributed by atoms with E-state index < -0.39 is 24.6 Å². The van der Waals surface area contributed by atoms with Crippen molar-refractivity contribution < 1.29 is 19.1 Å². The zero-order chi connectivity index (χ0) is 15.1. The van der Waals surface area contributed by atoms with Crippen LogP contribution in [-0.4, -0.2) is 29.7 Å². The maximum Gasteiger partial charge on any atom is 0.328 e. The fourth-order valence-corrected chi connectivity index (χ4v) is 1.94. The number of carboxylic acid groups (broad SMARTS) is 1. The molecule has 0 spiro atoms. The first-order valence-electron chi connectivity index (χ1n) is 6.58. The highest BCUT2D eigenvalue weighted by Crippen LogP contribution is 2.17. The first-order chi connectivity index (χ1) is 9.45. The van der Waals surface area contributed by atoms with E-state index in [1.807, 2.05) is 44.2 Å². The van der Waals surface area contributed by atoms with Gasteiger partial charge < -0.3 is 10.4 Å². The predicted octanol–water partition coefficient (Wildman–Crippen LogP) is 2.04. The van der Waals surface area contributed by atoms with Gasteiger partial charge in [-0.05, 0) is 17.9 Å². The molecular weight excluding hydrogens is 261 g/mol. The van der Waals surface area contributed by atoms with E-state index in [9.17, 15) is 14.0 Å². The Kier molecular flexibility index (Phi) is 6.15. The lowest BCUT2D eigenvalue weighted by Gasteiger charge is -2.22. The second-order valence-corrected chi connectivity index (χ2v) is 5.09. The lowest BCUT2D eigenvalue weighted by molar-refractivity contribution is -0.143. The van der Waals surface area contributed by atoms with Crippen molar-refractivity contribution in [2.24, 2.45) is 11.8 Å². The molecular formula is C15H20FNO3. The Morgan fingerprint density at radius 3 is 2.30 bits per heavy atom. The van der Waals surface area contributed by atoms with Crippen molar-refractivity contribution in [1.82, 2.24) is 5.32 Å². The van der Waals surface area contributed by atoms with Crippen LogP contribution in [0.2, 0.25) is 0 Å².